The molecule has 214 valence electrons. The van der Waals surface area contributed by atoms with E-state index in [9.17, 15) is 24.0 Å². The van der Waals surface area contributed by atoms with E-state index in [0.29, 0.717) is 51.0 Å². The van der Waals surface area contributed by atoms with Crippen molar-refractivity contribution in [3.63, 3.8) is 0 Å². The summed E-state index contributed by atoms with van der Waals surface area (Å²) in [4.78, 5) is 68.8. The number of piperidine rings is 2. The minimum Gasteiger partial charge on any atom is -0.345 e. The maximum absolute atomic E-state index is 14.2. The summed E-state index contributed by atoms with van der Waals surface area (Å²) in [6, 6.07) is 7.93. The van der Waals surface area contributed by atoms with Gasteiger partial charge in [-0.15, -0.1) is 0 Å². The van der Waals surface area contributed by atoms with E-state index in [-0.39, 0.29) is 60.3 Å². The predicted molar refractivity (Wildman–Crippen MR) is 147 cm³/mol. The Kier molecular flexibility index (Phi) is 8.18. The molecule has 0 spiro atoms. The molecular formula is C29H38N6O5. The molecular weight excluding hydrogens is 512 g/mol. The number of amides is 5. The second kappa shape index (κ2) is 11.8. The van der Waals surface area contributed by atoms with Gasteiger partial charge in [0.15, 0.2) is 0 Å². The molecule has 11 nitrogen and oxygen atoms in total. The van der Waals surface area contributed by atoms with E-state index in [0.717, 1.165) is 12.0 Å². The van der Waals surface area contributed by atoms with Gasteiger partial charge in [0, 0.05) is 58.4 Å². The molecule has 0 unspecified atom stereocenters. The Balaban J connectivity index is 1.39. The molecule has 5 amide bonds. The van der Waals surface area contributed by atoms with E-state index < -0.39 is 12.1 Å². The van der Waals surface area contributed by atoms with Gasteiger partial charge in [-0.05, 0) is 43.6 Å². The van der Waals surface area contributed by atoms with Crippen LogP contribution in [0, 0.1) is 11.8 Å². The van der Waals surface area contributed by atoms with E-state index in [1.807, 2.05) is 40.1 Å². The summed E-state index contributed by atoms with van der Waals surface area (Å²) in [6.07, 6.45) is 3.31. The number of nitrogens with one attached hydrogen (secondary N) is 2. The molecule has 4 aliphatic rings. The van der Waals surface area contributed by atoms with Gasteiger partial charge in [0.05, 0.1) is 0 Å². The van der Waals surface area contributed by atoms with Crippen LogP contribution >= 0.6 is 0 Å². The van der Waals surface area contributed by atoms with Crippen molar-refractivity contribution in [3.8, 4) is 0 Å². The van der Waals surface area contributed by atoms with E-state index in [2.05, 4.69) is 15.7 Å². The average Bonchev–Trinajstić information content (AvgIpc) is 2.94. The van der Waals surface area contributed by atoms with Crippen molar-refractivity contribution in [1.29, 1.82) is 0 Å². The number of nitrogens with zero attached hydrogens (tertiary/aromatic N) is 4. The van der Waals surface area contributed by atoms with Gasteiger partial charge in [0.1, 0.15) is 17.8 Å². The molecule has 0 aromatic heterocycles. The van der Waals surface area contributed by atoms with E-state index >= 15 is 0 Å². The number of rotatable bonds is 3. The van der Waals surface area contributed by atoms with Crippen LogP contribution in [0.15, 0.2) is 35.4 Å². The molecule has 4 aliphatic heterocycles. The highest BCUT2D eigenvalue weighted by molar-refractivity contribution is 6.39. The molecule has 3 fully saturated rings. The third-order valence-corrected chi connectivity index (χ3v) is 8.57. The van der Waals surface area contributed by atoms with Crippen molar-refractivity contribution in [2.45, 2.75) is 70.0 Å². The fraction of sp³-hybridized carbons (Fsp3) is 0.586. The molecule has 1 aromatic carbocycles. The van der Waals surface area contributed by atoms with Crippen LogP contribution in [-0.4, -0.2) is 94.9 Å². The fourth-order valence-corrected chi connectivity index (χ4v) is 6.54. The first-order valence-corrected chi connectivity index (χ1v) is 14.3. The Labute approximate surface area is 234 Å². The normalized spacial score (nSPS) is 29.9. The molecule has 2 bridgehead atoms. The average molecular weight is 551 g/mol. The van der Waals surface area contributed by atoms with Crippen molar-refractivity contribution in [3.05, 3.63) is 35.9 Å². The van der Waals surface area contributed by atoms with Crippen LogP contribution in [0.4, 0.5) is 0 Å². The smallest absolute Gasteiger partial charge is 0.270 e. The number of fused-ring (bicyclic) bond motifs is 4. The molecule has 5 rings (SSSR count). The fourth-order valence-electron chi connectivity index (χ4n) is 6.54. The largest absolute Gasteiger partial charge is 0.345 e. The summed E-state index contributed by atoms with van der Waals surface area (Å²) in [5, 5.41) is 11.1. The topological polar surface area (TPSA) is 131 Å². The zero-order chi connectivity index (χ0) is 28.4. The minimum atomic E-state index is -0.766. The predicted octanol–water partition coefficient (Wildman–Crippen LogP) is 0.686. The first kappa shape index (κ1) is 27.8. The maximum atomic E-state index is 14.2. The lowest BCUT2D eigenvalue weighted by Gasteiger charge is -2.51. The summed E-state index contributed by atoms with van der Waals surface area (Å²) in [6.45, 7) is 3.11. The second-order valence-electron chi connectivity index (χ2n) is 11.5. The highest BCUT2D eigenvalue weighted by Crippen LogP contribution is 2.36. The van der Waals surface area contributed by atoms with Crippen molar-refractivity contribution in [2.75, 3.05) is 26.7 Å². The zero-order valence-corrected chi connectivity index (χ0v) is 23.2. The van der Waals surface area contributed by atoms with Crippen LogP contribution in [0.1, 0.15) is 51.0 Å². The van der Waals surface area contributed by atoms with Crippen molar-refractivity contribution >= 4 is 35.2 Å². The second-order valence-corrected chi connectivity index (χ2v) is 11.5. The first-order valence-electron chi connectivity index (χ1n) is 14.3. The Bertz CT molecular complexity index is 1200. The molecule has 5 atom stereocenters. The zero-order valence-electron chi connectivity index (χ0n) is 23.2. The molecule has 1 aromatic rings. The van der Waals surface area contributed by atoms with Gasteiger partial charge in [0.25, 0.3) is 5.91 Å². The number of likely N-dealkylation sites (tertiary alicyclic amines) is 1. The van der Waals surface area contributed by atoms with Crippen LogP contribution in [0.5, 0.6) is 0 Å². The molecule has 40 heavy (non-hydrogen) atoms. The van der Waals surface area contributed by atoms with Gasteiger partial charge < -0.3 is 20.4 Å². The SMILES string of the molecule is C[C@H]1NC(=O)CCC[C@H]2[C@@H]3C[C@@H](CN(C(=O)C4=NN(C)C(=O)CC4)C3)CN2C(=O)[C@H](Cc2ccccc2)NC1=O. The molecule has 2 N–H and O–H groups in total. The maximum Gasteiger partial charge on any atom is 0.270 e. The Morgan fingerprint density at radius 1 is 1.00 bits per heavy atom. The van der Waals surface area contributed by atoms with E-state index in [4.69, 9.17) is 0 Å². The monoisotopic (exact) mass is 550 g/mol. The first-order chi connectivity index (χ1) is 19.2. The highest BCUT2D eigenvalue weighted by Gasteiger charge is 2.46. The Hall–Kier alpha value is -3.76. The van der Waals surface area contributed by atoms with Gasteiger partial charge in [-0.1, -0.05) is 30.3 Å². The molecule has 11 heteroatoms. The van der Waals surface area contributed by atoms with Crippen LogP contribution in [0.3, 0.4) is 0 Å². The van der Waals surface area contributed by atoms with Crippen molar-refractivity contribution in [2.24, 2.45) is 16.9 Å². The molecule has 4 heterocycles. The van der Waals surface area contributed by atoms with Gasteiger partial charge in [0.2, 0.25) is 23.6 Å². The van der Waals surface area contributed by atoms with Crippen LogP contribution < -0.4 is 10.6 Å². The lowest BCUT2D eigenvalue weighted by molar-refractivity contribution is -0.147. The molecule has 0 radical (unpaired) electrons. The number of hydrogen-bond donors (Lipinski definition) is 2. The highest BCUT2D eigenvalue weighted by atomic mass is 16.2. The molecule has 0 aliphatic carbocycles. The Morgan fingerprint density at radius 2 is 1.77 bits per heavy atom. The Morgan fingerprint density at radius 3 is 2.52 bits per heavy atom. The summed E-state index contributed by atoms with van der Waals surface area (Å²) >= 11 is 0. The van der Waals surface area contributed by atoms with Gasteiger partial charge >= 0.3 is 0 Å². The van der Waals surface area contributed by atoms with Gasteiger partial charge in [-0.2, -0.15) is 5.10 Å². The quantitative estimate of drug-likeness (QED) is 0.572. The number of carbonyl (C=O) groups excluding carboxylic acids is 5. The lowest BCUT2D eigenvalue weighted by atomic mass is 9.77. The number of carbonyl (C=O) groups is 5. The number of benzene rings is 1. The summed E-state index contributed by atoms with van der Waals surface area (Å²) in [7, 11) is 1.57. The standard InChI is InChI=1S/C29H38N6O5/c1-18-27(38)31-23(14-19-7-4-3-5-8-19)29(40)35-16-20-13-21(24(35)9-6-10-25(36)30-18)17-34(15-20)28(39)22-11-12-26(37)33(2)32-22/h3-5,7-8,18,20-21,23-24H,6,9-17H2,1-2H3,(H,30,36)(H,31,38)/t18-,20+,21-,23+,24+/m1/s1. The number of hydrogen-bond acceptors (Lipinski definition) is 6. The van der Waals surface area contributed by atoms with E-state index in [1.54, 1.807) is 14.0 Å². The van der Waals surface area contributed by atoms with Crippen LogP contribution in [-0.2, 0) is 30.4 Å². The van der Waals surface area contributed by atoms with Crippen LogP contribution in [0.2, 0.25) is 0 Å². The van der Waals surface area contributed by atoms with Crippen molar-refractivity contribution in [1.82, 2.24) is 25.4 Å². The summed E-state index contributed by atoms with van der Waals surface area (Å²) < 4.78 is 0. The summed E-state index contributed by atoms with van der Waals surface area (Å²) in [5.41, 5.74) is 1.33. The summed E-state index contributed by atoms with van der Waals surface area (Å²) in [5.74, 6) is -0.812. The van der Waals surface area contributed by atoms with Crippen molar-refractivity contribution < 1.29 is 24.0 Å². The number of hydrazone groups is 1. The van der Waals surface area contributed by atoms with Gasteiger partial charge in [-0.25, -0.2) is 5.01 Å². The molecule has 3 saturated heterocycles. The minimum absolute atomic E-state index is 0.0435. The molecule has 0 saturated carbocycles. The third kappa shape index (κ3) is 6.03. The van der Waals surface area contributed by atoms with E-state index in [1.165, 1.54) is 5.01 Å². The lowest BCUT2D eigenvalue weighted by Crippen LogP contribution is -2.64. The van der Waals surface area contributed by atoms with Crippen LogP contribution in [0.25, 0.3) is 0 Å². The third-order valence-electron chi connectivity index (χ3n) is 8.57. The van der Waals surface area contributed by atoms with Gasteiger partial charge in [-0.3, -0.25) is 24.0 Å².